The smallest absolute Gasteiger partial charge is 0.0988 e. The van der Waals surface area contributed by atoms with Crippen LogP contribution in [0.4, 0.5) is 0 Å². The van der Waals surface area contributed by atoms with E-state index in [1.807, 2.05) is 0 Å². The van der Waals surface area contributed by atoms with Crippen LogP contribution in [0.2, 0.25) is 0 Å². The zero-order valence-electron chi connectivity index (χ0n) is 15.2. The first-order valence-corrected chi connectivity index (χ1v) is 10.8. The van der Waals surface area contributed by atoms with E-state index in [4.69, 9.17) is 0 Å². The Bertz CT molecular complexity index is 465. The third-order valence-electron chi connectivity index (χ3n) is 3.79. The van der Waals surface area contributed by atoms with Crippen molar-refractivity contribution in [3.63, 3.8) is 0 Å². The fourth-order valence-corrected chi connectivity index (χ4v) is 3.04. The maximum Gasteiger partial charge on any atom is 0.0988 e. The first kappa shape index (κ1) is 23.1. The summed E-state index contributed by atoms with van der Waals surface area (Å²) in [5.74, 6) is -0.423. The van der Waals surface area contributed by atoms with Crippen LogP contribution in [0.25, 0.3) is 0 Å². The molecule has 0 bridgehead atoms. The highest BCUT2D eigenvalue weighted by Crippen LogP contribution is 2.09. The molecule has 0 spiro atoms. The summed E-state index contributed by atoms with van der Waals surface area (Å²) in [7, 11) is -4.13. The topological polar surface area (TPSA) is 84.8 Å². The molecule has 0 radical (unpaired) electrons. The highest BCUT2D eigenvalue weighted by atomic mass is 32.2. The van der Waals surface area contributed by atoms with Gasteiger partial charge in [0.2, 0.25) is 0 Å². The molecule has 0 fully saturated rings. The number of quaternary nitrogens is 1. The molecule has 0 saturated carbocycles. The number of hydrogen-bond acceptors (Lipinski definition) is 3. The summed E-state index contributed by atoms with van der Waals surface area (Å²) in [6.07, 6.45) is 14.2. The molecule has 0 unspecified atom stereocenters. The Labute approximate surface area is 148 Å². The van der Waals surface area contributed by atoms with E-state index >= 15 is 0 Å². The molecular formula is C19H35NO3S. The van der Waals surface area contributed by atoms with E-state index in [1.54, 1.807) is 30.3 Å². The van der Waals surface area contributed by atoms with Gasteiger partial charge in [-0.3, -0.25) is 0 Å². The van der Waals surface area contributed by atoms with Gasteiger partial charge in [-0.2, -0.15) is 0 Å². The van der Waals surface area contributed by atoms with E-state index < -0.39 is 15.9 Å². The summed E-state index contributed by atoms with van der Waals surface area (Å²) < 4.78 is 30.7. The largest absolute Gasteiger partial charge is 0.748 e. The molecule has 0 saturated heterocycles. The second-order valence-electron chi connectivity index (χ2n) is 6.22. The molecule has 24 heavy (non-hydrogen) atoms. The van der Waals surface area contributed by atoms with E-state index in [-0.39, 0.29) is 0 Å². The fourth-order valence-electron chi connectivity index (χ4n) is 2.44. The number of unbranched alkanes of at least 4 members (excludes halogenated alkanes) is 9. The molecule has 0 aromatic heterocycles. The van der Waals surface area contributed by atoms with Gasteiger partial charge in [-0.05, 0) is 18.4 Å². The van der Waals surface area contributed by atoms with Crippen molar-refractivity contribution in [1.29, 1.82) is 0 Å². The van der Waals surface area contributed by atoms with Crippen LogP contribution in [0.1, 0.15) is 76.7 Å². The molecule has 0 amide bonds. The van der Waals surface area contributed by atoms with Gasteiger partial charge in [0.15, 0.2) is 0 Å². The van der Waals surface area contributed by atoms with E-state index in [0.29, 0.717) is 5.56 Å². The third kappa shape index (κ3) is 17.4. The first-order valence-electron chi connectivity index (χ1n) is 9.26. The van der Waals surface area contributed by atoms with Crippen molar-refractivity contribution < 1.29 is 18.7 Å². The Morgan fingerprint density at radius 2 is 1.29 bits per heavy atom. The Balaban J connectivity index is 0.000000446. The van der Waals surface area contributed by atoms with Crippen LogP contribution < -0.4 is 5.73 Å². The predicted octanol–water partition coefficient (Wildman–Crippen LogP) is 3.88. The quantitative estimate of drug-likeness (QED) is 0.455. The maximum atomic E-state index is 10.2. The molecule has 0 aliphatic carbocycles. The van der Waals surface area contributed by atoms with Gasteiger partial charge in [-0.1, -0.05) is 88.6 Å². The van der Waals surface area contributed by atoms with E-state index in [0.717, 1.165) is 6.54 Å². The summed E-state index contributed by atoms with van der Waals surface area (Å²) in [4.78, 5) is 0. The minimum atomic E-state index is -4.13. The molecule has 0 aliphatic rings. The predicted molar refractivity (Wildman–Crippen MR) is 99.4 cm³/mol. The average Bonchev–Trinajstić information content (AvgIpc) is 2.53. The zero-order chi connectivity index (χ0) is 18.1. The monoisotopic (exact) mass is 357 g/mol. The first-order chi connectivity index (χ1) is 11.5. The van der Waals surface area contributed by atoms with Gasteiger partial charge >= 0.3 is 0 Å². The molecule has 1 rings (SSSR count). The van der Waals surface area contributed by atoms with Crippen LogP contribution in [0.5, 0.6) is 0 Å². The van der Waals surface area contributed by atoms with E-state index in [1.165, 1.54) is 64.2 Å². The van der Waals surface area contributed by atoms with Gasteiger partial charge in [0.1, 0.15) is 0 Å². The minimum Gasteiger partial charge on any atom is -0.748 e. The molecule has 4 nitrogen and oxygen atoms in total. The third-order valence-corrected chi connectivity index (χ3v) is 4.48. The van der Waals surface area contributed by atoms with Crippen molar-refractivity contribution in [1.82, 2.24) is 0 Å². The molecule has 1 aromatic carbocycles. The van der Waals surface area contributed by atoms with Gasteiger partial charge in [0, 0.05) is 0 Å². The molecule has 0 aliphatic heterocycles. The standard InChI is InChI=1S/C12H27N.C7H8O3S/c1-2-3-4-5-6-7-8-9-10-11-12-13;8-11(9,10)6-7-4-2-1-3-5-7/h2-13H2,1H3;1-5H,6H2,(H,8,9,10). The molecular weight excluding hydrogens is 322 g/mol. The van der Waals surface area contributed by atoms with E-state index in [2.05, 4.69) is 12.7 Å². The lowest BCUT2D eigenvalue weighted by atomic mass is 10.1. The van der Waals surface area contributed by atoms with Gasteiger partial charge in [0.25, 0.3) is 0 Å². The van der Waals surface area contributed by atoms with Crippen LogP contribution in [0.3, 0.4) is 0 Å². The number of rotatable bonds is 12. The zero-order valence-corrected chi connectivity index (χ0v) is 16.0. The van der Waals surface area contributed by atoms with Gasteiger partial charge in [-0.15, -0.1) is 0 Å². The van der Waals surface area contributed by atoms with Crippen molar-refractivity contribution in [2.45, 2.75) is 76.9 Å². The van der Waals surface area contributed by atoms with Crippen LogP contribution in [0, 0.1) is 0 Å². The SMILES string of the molecule is CCCCCCCCCCCC[NH3+].O=S(=O)([O-])Cc1ccccc1. The Morgan fingerprint density at radius 1 is 0.833 bits per heavy atom. The lowest BCUT2D eigenvalue weighted by Gasteiger charge is -2.05. The average molecular weight is 358 g/mol. The van der Waals surface area contributed by atoms with Crippen molar-refractivity contribution in [2.24, 2.45) is 0 Å². The second-order valence-corrected chi connectivity index (χ2v) is 7.63. The van der Waals surface area contributed by atoms with Crippen LogP contribution in [-0.4, -0.2) is 19.5 Å². The number of hydrogen-bond donors (Lipinski definition) is 1. The Kier molecular flexibility index (Phi) is 15.0. The van der Waals surface area contributed by atoms with Crippen LogP contribution >= 0.6 is 0 Å². The summed E-state index contributed by atoms with van der Waals surface area (Å²) in [5, 5.41) is 0. The molecule has 0 atom stereocenters. The summed E-state index contributed by atoms with van der Waals surface area (Å²) in [6.45, 7) is 3.40. The molecule has 3 N–H and O–H groups in total. The Hall–Kier alpha value is -0.910. The van der Waals surface area contributed by atoms with Gasteiger partial charge in [-0.25, -0.2) is 8.42 Å². The van der Waals surface area contributed by atoms with Crippen molar-refractivity contribution in [2.75, 3.05) is 6.54 Å². The van der Waals surface area contributed by atoms with Crippen molar-refractivity contribution in [3.8, 4) is 0 Å². The summed E-state index contributed by atoms with van der Waals surface area (Å²) >= 11 is 0. The lowest BCUT2D eigenvalue weighted by molar-refractivity contribution is -0.368. The Morgan fingerprint density at radius 3 is 1.71 bits per heavy atom. The number of benzene rings is 1. The normalized spacial score (nSPS) is 11.0. The highest BCUT2D eigenvalue weighted by molar-refractivity contribution is 7.84. The van der Waals surface area contributed by atoms with Gasteiger partial charge < -0.3 is 10.3 Å². The minimum absolute atomic E-state index is 0.423. The summed E-state index contributed by atoms with van der Waals surface area (Å²) in [5.41, 5.74) is 4.38. The fraction of sp³-hybridized carbons (Fsp3) is 0.684. The second kappa shape index (κ2) is 15.6. The van der Waals surface area contributed by atoms with Gasteiger partial charge in [0.05, 0.1) is 22.4 Å². The van der Waals surface area contributed by atoms with Crippen LogP contribution in [0.15, 0.2) is 30.3 Å². The lowest BCUT2D eigenvalue weighted by Crippen LogP contribution is -2.50. The molecule has 1 aromatic rings. The van der Waals surface area contributed by atoms with Crippen LogP contribution in [-0.2, 0) is 15.9 Å². The van der Waals surface area contributed by atoms with E-state index in [9.17, 15) is 13.0 Å². The highest BCUT2D eigenvalue weighted by Gasteiger charge is 1.96. The molecule has 0 heterocycles. The summed E-state index contributed by atoms with van der Waals surface area (Å²) in [6, 6.07) is 8.37. The molecule has 140 valence electrons. The van der Waals surface area contributed by atoms with Crippen molar-refractivity contribution in [3.05, 3.63) is 35.9 Å². The van der Waals surface area contributed by atoms with Crippen molar-refractivity contribution >= 4 is 10.1 Å². The maximum absolute atomic E-state index is 10.2. The molecule has 5 heteroatoms.